The van der Waals surface area contributed by atoms with E-state index in [-0.39, 0.29) is 0 Å². The van der Waals surface area contributed by atoms with E-state index in [9.17, 15) is 0 Å². The summed E-state index contributed by atoms with van der Waals surface area (Å²) >= 11 is 0. The largest absolute Gasteiger partial charge is 0.335 e. The molecular formula is C17H21N3O. The van der Waals surface area contributed by atoms with E-state index < -0.39 is 0 Å². The molecule has 1 aromatic carbocycles. The first-order valence-electron chi connectivity index (χ1n) is 7.54. The van der Waals surface area contributed by atoms with E-state index in [1.54, 1.807) is 0 Å². The van der Waals surface area contributed by atoms with Crippen LogP contribution in [-0.4, -0.2) is 35.2 Å². The lowest BCUT2D eigenvalue weighted by Gasteiger charge is -2.27. The molecule has 0 bridgehead atoms. The quantitative estimate of drug-likeness (QED) is 0.864. The van der Waals surface area contributed by atoms with Crippen molar-refractivity contribution >= 4 is 12.2 Å². The SMILES string of the molecule is CN1CCC(Cc2noc(C=Cc3ccccc3)n2)CC1. The summed E-state index contributed by atoms with van der Waals surface area (Å²) in [6.45, 7) is 2.34. The Morgan fingerprint density at radius 2 is 1.95 bits per heavy atom. The van der Waals surface area contributed by atoms with Gasteiger partial charge in [-0.05, 0) is 50.5 Å². The lowest BCUT2D eigenvalue weighted by Crippen LogP contribution is -2.31. The molecule has 0 unspecified atom stereocenters. The van der Waals surface area contributed by atoms with Gasteiger partial charge in [0.15, 0.2) is 5.82 Å². The molecule has 0 radical (unpaired) electrons. The summed E-state index contributed by atoms with van der Waals surface area (Å²) in [5.41, 5.74) is 1.13. The Kier molecular flexibility index (Phi) is 4.46. The maximum Gasteiger partial charge on any atom is 0.250 e. The van der Waals surface area contributed by atoms with Gasteiger partial charge in [0.25, 0.3) is 5.89 Å². The van der Waals surface area contributed by atoms with E-state index in [2.05, 4.69) is 22.1 Å². The summed E-state index contributed by atoms with van der Waals surface area (Å²) in [5, 5.41) is 4.09. The molecule has 2 heterocycles. The van der Waals surface area contributed by atoms with E-state index in [1.807, 2.05) is 42.5 Å². The Bertz CT molecular complexity index is 583. The van der Waals surface area contributed by atoms with Gasteiger partial charge in [-0.15, -0.1) is 0 Å². The molecule has 2 aromatic rings. The Hall–Kier alpha value is -1.94. The fraction of sp³-hybridized carbons (Fsp3) is 0.412. The first-order valence-corrected chi connectivity index (χ1v) is 7.54. The van der Waals surface area contributed by atoms with Crippen molar-refractivity contribution in [2.24, 2.45) is 5.92 Å². The van der Waals surface area contributed by atoms with E-state index in [0.717, 1.165) is 17.8 Å². The van der Waals surface area contributed by atoms with Gasteiger partial charge in [-0.25, -0.2) is 0 Å². The maximum absolute atomic E-state index is 5.29. The maximum atomic E-state index is 5.29. The van der Waals surface area contributed by atoms with Crippen LogP contribution in [0, 0.1) is 5.92 Å². The zero-order valence-corrected chi connectivity index (χ0v) is 12.4. The highest BCUT2D eigenvalue weighted by molar-refractivity contribution is 5.65. The number of rotatable bonds is 4. The van der Waals surface area contributed by atoms with Crippen LogP contribution in [0.1, 0.15) is 30.1 Å². The zero-order chi connectivity index (χ0) is 14.5. The van der Waals surface area contributed by atoms with Crippen molar-refractivity contribution in [1.82, 2.24) is 15.0 Å². The van der Waals surface area contributed by atoms with Gasteiger partial charge in [-0.2, -0.15) is 4.98 Å². The molecule has 0 aliphatic carbocycles. The Balaban J connectivity index is 1.57. The minimum absolute atomic E-state index is 0.585. The first kappa shape index (κ1) is 14.0. The molecule has 1 saturated heterocycles. The van der Waals surface area contributed by atoms with E-state index in [1.165, 1.54) is 25.9 Å². The number of hydrogen-bond acceptors (Lipinski definition) is 4. The molecule has 110 valence electrons. The van der Waals surface area contributed by atoms with Gasteiger partial charge in [-0.1, -0.05) is 35.5 Å². The highest BCUT2D eigenvalue weighted by Crippen LogP contribution is 2.19. The second kappa shape index (κ2) is 6.68. The third-order valence-electron chi connectivity index (χ3n) is 4.01. The van der Waals surface area contributed by atoms with Crippen molar-refractivity contribution < 1.29 is 4.52 Å². The van der Waals surface area contributed by atoms with Gasteiger partial charge in [0, 0.05) is 12.5 Å². The van der Waals surface area contributed by atoms with E-state index in [4.69, 9.17) is 4.52 Å². The van der Waals surface area contributed by atoms with Crippen molar-refractivity contribution in [3.63, 3.8) is 0 Å². The number of piperidine rings is 1. The Labute approximate surface area is 125 Å². The molecule has 1 fully saturated rings. The first-order chi connectivity index (χ1) is 10.3. The molecule has 0 amide bonds. The summed E-state index contributed by atoms with van der Waals surface area (Å²) in [7, 11) is 2.18. The van der Waals surface area contributed by atoms with Crippen LogP contribution in [0.25, 0.3) is 12.2 Å². The molecule has 1 aromatic heterocycles. The second-order valence-corrected chi connectivity index (χ2v) is 5.74. The number of benzene rings is 1. The highest BCUT2D eigenvalue weighted by atomic mass is 16.5. The molecule has 1 aliphatic rings. The van der Waals surface area contributed by atoms with Crippen molar-refractivity contribution in [3.8, 4) is 0 Å². The zero-order valence-electron chi connectivity index (χ0n) is 12.4. The van der Waals surface area contributed by atoms with Crippen LogP contribution in [0.3, 0.4) is 0 Å². The molecule has 0 N–H and O–H groups in total. The molecular weight excluding hydrogens is 262 g/mol. The van der Waals surface area contributed by atoms with Crippen molar-refractivity contribution in [2.45, 2.75) is 19.3 Å². The number of hydrogen-bond donors (Lipinski definition) is 0. The van der Waals surface area contributed by atoms with Crippen LogP contribution in [-0.2, 0) is 6.42 Å². The third-order valence-corrected chi connectivity index (χ3v) is 4.01. The molecule has 0 atom stereocenters. The monoisotopic (exact) mass is 283 g/mol. The van der Waals surface area contributed by atoms with Crippen LogP contribution < -0.4 is 0 Å². The smallest absolute Gasteiger partial charge is 0.250 e. The number of likely N-dealkylation sites (tertiary alicyclic amines) is 1. The summed E-state index contributed by atoms with van der Waals surface area (Å²) in [6, 6.07) is 10.1. The van der Waals surface area contributed by atoms with E-state index >= 15 is 0 Å². The van der Waals surface area contributed by atoms with Crippen LogP contribution in [0.15, 0.2) is 34.9 Å². The van der Waals surface area contributed by atoms with Gasteiger partial charge < -0.3 is 9.42 Å². The fourth-order valence-corrected chi connectivity index (χ4v) is 2.67. The Morgan fingerprint density at radius 3 is 2.71 bits per heavy atom. The second-order valence-electron chi connectivity index (χ2n) is 5.74. The van der Waals surface area contributed by atoms with Crippen LogP contribution >= 0.6 is 0 Å². The van der Waals surface area contributed by atoms with Crippen LogP contribution in [0.2, 0.25) is 0 Å². The molecule has 0 spiro atoms. The highest BCUT2D eigenvalue weighted by Gasteiger charge is 2.19. The van der Waals surface area contributed by atoms with Gasteiger partial charge in [0.05, 0.1) is 0 Å². The Morgan fingerprint density at radius 1 is 1.19 bits per heavy atom. The predicted molar refractivity (Wildman–Crippen MR) is 83.6 cm³/mol. The summed E-state index contributed by atoms with van der Waals surface area (Å²) in [5.74, 6) is 2.10. The predicted octanol–water partition coefficient (Wildman–Crippen LogP) is 3.12. The van der Waals surface area contributed by atoms with Crippen molar-refractivity contribution in [3.05, 3.63) is 47.6 Å². The average Bonchev–Trinajstić information content (AvgIpc) is 2.96. The number of aromatic nitrogens is 2. The van der Waals surface area contributed by atoms with Crippen LogP contribution in [0.4, 0.5) is 0 Å². The molecule has 21 heavy (non-hydrogen) atoms. The lowest BCUT2D eigenvalue weighted by atomic mass is 9.94. The van der Waals surface area contributed by atoms with Crippen molar-refractivity contribution in [2.75, 3.05) is 20.1 Å². The lowest BCUT2D eigenvalue weighted by molar-refractivity contribution is 0.216. The summed E-state index contributed by atoms with van der Waals surface area (Å²) < 4.78 is 5.29. The summed E-state index contributed by atoms with van der Waals surface area (Å²) in [4.78, 5) is 6.84. The van der Waals surface area contributed by atoms with Crippen LogP contribution in [0.5, 0.6) is 0 Å². The van der Waals surface area contributed by atoms with Gasteiger partial charge >= 0.3 is 0 Å². The van der Waals surface area contributed by atoms with Gasteiger partial charge in [0.1, 0.15) is 0 Å². The summed E-state index contributed by atoms with van der Waals surface area (Å²) in [6.07, 6.45) is 7.24. The normalized spacial score (nSPS) is 17.6. The van der Waals surface area contributed by atoms with Crippen molar-refractivity contribution in [1.29, 1.82) is 0 Å². The minimum Gasteiger partial charge on any atom is -0.335 e. The minimum atomic E-state index is 0.585. The molecule has 4 nitrogen and oxygen atoms in total. The standard InChI is InChI=1S/C17H21N3O/c1-20-11-9-15(10-12-20)13-16-18-17(21-19-16)8-7-14-5-3-2-4-6-14/h2-8,15H,9-13H2,1H3. The average molecular weight is 283 g/mol. The fourth-order valence-electron chi connectivity index (χ4n) is 2.67. The van der Waals surface area contributed by atoms with E-state index in [0.29, 0.717) is 11.8 Å². The van der Waals surface area contributed by atoms with Gasteiger partial charge in [0.2, 0.25) is 0 Å². The molecule has 0 saturated carbocycles. The molecule has 4 heteroatoms. The third kappa shape index (κ3) is 4.02. The molecule has 1 aliphatic heterocycles. The molecule has 3 rings (SSSR count). The topological polar surface area (TPSA) is 42.2 Å². The number of nitrogens with zero attached hydrogens (tertiary/aromatic N) is 3. The van der Waals surface area contributed by atoms with Gasteiger partial charge in [-0.3, -0.25) is 0 Å².